The molecule has 0 bridgehead atoms. The van der Waals surface area contributed by atoms with Gasteiger partial charge in [-0.25, -0.2) is 4.79 Å². The van der Waals surface area contributed by atoms with Crippen LogP contribution < -0.4 is 24.7 Å². The summed E-state index contributed by atoms with van der Waals surface area (Å²) in [6, 6.07) is 14.1. The molecule has 2 N–H and O–H groups in total. The number of esters is 1. The van der Waals surface area contributed by atoms with Gasteiger partial charge in [-0.3, -0.25) is 0 Å². The molecule has 1 aliphatic heterocycles. The summed E-state index contributed by atoms with van der Waals surface area (Å²) in [5, 5.41) is 9.38. The lowest BCUT2D eigenvalue weighted by Crippen LogP contribution is -2.22. The van der Waals surface area contributed by atoms with E-state index in [9.17, 15) is 10.1 Å². The first-order valence-corrected chi connectivity index (χ1v) is 12.3. The molecule has 0 saturated carbocycles. The van der Waals surface area contributed by atoms with Crippen LogP contribution in [0.25, 0.3) is 0 Å². The molecule has 1 unspecified atom stereocenters. The predicted octanol–water partition coefficient (Wildman–Crippen LogP) is 7.16. The van der Waals surface area contributed by atoms with Crippen molar-refractivity contribution in [3.05, 3.63) is 90.2 Å². The van der Waals surface area contributed by atoms with Crippen molar-refractivity contribution in [3.63, 3.8) is 0 Å². The third-order valence-corrected chi connectivity index (χ3v) is 7.62. The third-order valence-electron chi connectivity index (χ3n) is 5.38. The van der Waals surface area contributed by atoms with Crippen molar-refractivity contribution in [1.82, 2.24) is 0 Å². The van der Waals surface area contributed by atoms with Crippen LogP contribution in [0.3, 0.4) is 0 Å². The second kappa shape index (κ2) is 11.2. The molecule has 1 heterocycles. The van der Waals surface area contributed by atoms with Crippen molar-refractivity contribution in [2.45, 2.75) is 5.92 Å². The fourth-order valence-electron chi connectivity index (χ4n) is 3.73. The number of hydrogen-bond acceptors (Lipinski definition) is 7. The van der Waals surface area contributed by atoms with E-state index in [1.165, 1.54) is 13.2 Å². The van der Waals surface area contributed by atoms with E-state index in [1.807, 2.05) is 18.2 Å². The number of carbonyl (C=O) groups is 1. The fourth-order valence-corrected chi connectivity index (χ4v) is 4.96. The molecule has 190 valence electrons. The van der Waals surface area contributed by atoms with Crippen molar-refractivity contribution >= 4 is 64.0 Å². The maximum absolute atomic E-state index is 12.5. The Morgan fingerprint density at radius 2 is 1.65 bits per heavy atom. The smallest absolute Gasteiger partial charge is 0.349 e. The number of hydrogen-bond donors (Lipinski definition) is 1. The number of para-hydroxylation sites is 1. The van der Waals surface area contributed by atoms with E-state index in [0.717, 1.165) is 5.56 Å². The molecule has 37 heavy (non-hydrogen) atoms. The Balaban J connectivity index is 1.58. The maximum atomic E-state index is 12.5. The van der Waals surface area contributed by atoms with Crippen LogP contribution in [0.4, 0.5) is 0 Å². The van der Waals surface area contributed by atoms with Crippen LogP contribution in [0.2, 0.25) is 25.1 Å². The molecule has 3 aromatic carbocycles. The van der Waals surface area contributed by atoms with E-state index in [-0.39, 0.29) is 48.1 Å². The Morgan fingerprint density at radius 1 is 1.00 bits per heavy atom. The van der Waals surface area contributed by atoms with Gasteiger partial charge in [0, 0.05) is 17.2 Å². The molecule has 4 rings (SSSR count). The lowest BCUT2D eigenvalue weighted by molar-refractivity contribution is -0.136. The second-order valence-corrected chi connectivity index (χ2v) is 9.42. The number of nitrogens with zero attached hydrogens (tertiary/aromatic N) is 1. The summed E-state index contributed by atoms with van der Waals surface area (Å²) in [5.74, 6) is -0.499. The topological polar surface area (TPSA) is 104 Å². The molecule has 0 saturated heterocycles. The molecule has 12 heteroatoms. The van der Waals surface area contributed by atoms with Gasteiger partial charge in [0.15, 0.2) is 12.4 Å². The van der Waals surface area contributed by atoms with Gasteiger partial charge in [0.1, 0.15) is 38.9 Å². The summed E-state index contributed by atoms with van der Waals surface area (Å²) in [4.78, 5) is 12.5. The molecule has 0 radical (unpaired) electrons. The average molecular weight is 601 g/mol. The van der Waals surface area contributed by atoms with Gasteiger partial charge in [-0.05, 0) is 12.1 Å². The largest absolute Gasteiger partial charge is 0.496 e. The highest BCUT2D eigenvalue weighted by Crippen LogP contribution is 2.48. The Morgan fingerprint density at radius 3 is 2.30 bits per heavy atom. The zero-order chi connectivity index (χ0) is 26.9. The molecule has 0 amide bonds. The number of rotatable bonds is 6. The first-order valence-electron chi connectivity index (χ1n) is 10.4. The monoisotopic (exact) mass is 598 g/mol. The lowest BCUT2D eigenvalue weighted by Gasteiger charge is -2.27. The maximum Gasteiger partial charge on any atom is 0.349 e. The Kier molecular flexibility index (Phi) is 8.17. The van der Waals surface area contributed by atoms with Crippen LogP contribution in [0, 0.1) is 11.3 Å². The first-order chi connectivity index (χ1) is 17.7. The minimum atomic E-state index is -0.785. The zero-order valence-corrected chi connectivity index (χ0v) is 22.6. The molecule has 0 fully saturated rings. The van der Waals surface area contributed by atoms with Crippen molar-refractivity contribution in [3.8, 4) is 29.1 Å². The molecule has 1 atom stereocenters. The summed E-state index contributed by atoms with van der Waals surface area (Å²) in [6.07, 6.45) is 0. The molecule has 3 aromatic rings. The normalized spacial score (nSPS) is 14.4. The van der Waals surface area contributed by atoms with Crippen LogP contribution in [-0.4, -0.2) is 19.7 Å². The summed E-state index contributed by atoms with van der Waals surface area (Å²) < 4.78 is 21.9. The summed E-state index contributed by atoms with van der Waals surface area (Å²) in [6.45, 7) is -0.573. The van der Waals surface area contributed by atoms with E-state index in [1.54, 1.807) is 18.2 Å². The SMILES string of the molecule is COc1ccccc1C1C(C#N)=C(N)Oc2cc(OC(=O)COc3c(Cl)c(Cl)c(Cl)c(Cl)c3Cl)ccc21. The summed E-state index contributed by atoms with van der Waals surface area (Å²) >= 11 is 30.2. The highest BCUT2D eigenvalue weighted by Gasteiger charge is 2.33. The number of fused-ring (bicyclic) bond motifs is 1. The molecular formula is C25H15Cl5N2O5. The first kappa shape index (κ1) is 27.1. The number of carbonyl (C=O) groups excluding carboxylic acids is 1. The van der Waals surface area contributed by atoms with Gasteiger partial charge < -0.3 is 24.7 Å². The highest BCUT2D eigenvalue weighted by atomic mass is 35.5. The van der Waals surface area contributed by atoms with Crippen LogP contribution >= 0.6 is 58.0 Å². The van der Waals surface area contributed by atoms with Crippen molar-refractivity contribution < 1.29 is 23.7 Å². The van der Waals surface area contributed by atoms with Crippen molar-refractivity contribution in [2.75, 3.05) is 13.7 Å². The number of benzene rings is 3. The second-order valence-electron chi connectivity index (χ2n) is 7.53. The molecule has 0 aliphatic carbocycles. The number of ether oxygens (including phenoxy) is 4. The van der Waals surface area contributed by atoms with Crippen LogP contribution in [0.15, 0.2) is 53.9 Å². The standard InChI is InChI=1S/C25H15Cl5N2O5/c1-34-15-5-3-2-4-12(15)18-13-7-6-11(8-16(13)37-25(32)14(18)9-31)36-17(33)10-35-24-22(29)20(27)19(26)21(28)23(24)30/h2-8,18H,10,32H2,1H3. The molecule has 1 aliphatic rings. The third kappa shape index (κ3) is 5.22. The van der Waals surface area contributed by atoms with Gasteiger partial charge in [-0.1, -0.05) is 82.3 Å². The van der Waals surface area contributed by atoms with Gasteiger partial charge >= 0.3 is 5.97 Å². The van der Waals surface area contributed by atoms with Crippen molar-refractivity contribution in [2.24, 2.45) is 5.73 Å². The Bertz CT molecular complexity index is 1460. The molecular weight excluding hydrogens is 586 g/mol. The van der Waals surface area contributed by atoms with Gasteiger partial charge in [-0.2, -0.15) is 5.26 Å². The van der Waals surface area contributed by atoms with E-state index >= 15 is 0 Å². The summed E-state index contributed by atoms with van der Waals surface area (Å²) in [5.41, 5.74) is 7.64. The van der Waals surface area contributed by atoms with Crippen molar-refractivity contribution in [1.29, 1.82) is 5.26 Å². The predicted molar refractivity (Wildman–Crippen MR) is 141 cm³/mol. The van der Waals surface area contributed by atoms with Crippen LogP contribution in [0.5, 0.6) is 23.0 Å². The minimum Gasteiger partial charge on any atom is -0.496 e. The lowest BCUT2D eigenvalue weighted by atomic mass is 9.83. The quantitative estimate of drug-likeness (QED) is 0.139. The minimum absolute atomic E-state index is 0.0402. The van der Waals surface area contributed by atoms with E-state index < -0.39 is 18.5 Å². The molecule has 0 aromatic heterocycles. The number of allylic oxidation sites excluding steroid dienone is 1. The number of methoxy groups -OCH3 is 1. The van der Waals surface area contributed by atoms with Gasteiger partial charge in [0.05, 0.1) is 28.1 Å². The highest BCUT2D eigenvalue weighted by molar-refractivity contribution is 6.55. The Labute approximate surface area is 236 Å². The zero-order valence-electron chi connectivity index (χ0n) is 18.8. The number of nitrogens with two attached hydrogens (primary N) is 1. The Hall–Kier alpha value is -2.99. The number of nitriles is 1. The van der Waals surface area contributed by atoms with Gasteiger partial charge in [0.25, 0.3) is 0 Å². The van der Waals surface area contributed by atoms with Gasteiger partial charge in [-0.15, -0.1) is 0 Å². The van der Waals surface area contributed by atoms with Crippen LogP contribution in [0.1, 0.15) is 17.0 Å². The fraction of sp³-hybridized carbons (Fsp3) is 0.120. The number of halogens is 5. The van der Waals surface area contributed by atoms with E-state index in [0.29, 0.717) is 17.1 Å². The molecule has 0 spiro atoms. The van der Waals surface area contributed by atoms with E-state index in [2.05, 4.69) is 6.07 Å². The van der Waals surface area contributed by atoms with Crippen LogP contribution in [-0.2, 0) is 4.79 Å². The average Bonchev–Trinajstić information content (AvgIpc) is 2.89. The van der Waals surface area contributed by atoms with Gasteiger partial charge in [0.2, 0.25) is 5.88 Å². The summed E-state index contributed by atoms with van der Waals surface area (Å²) in [7, 11) is 1.54. The van der Waals surface area contributed by atoms with E-state index in [4.69, 9.17) is 82.7 Å². The molecule has 7 nitrogen and oxygen atoms in total.